The summed E-state index contributed by atoms with van der Waals surface area (Å²) >= 11 is 0. The molecule has 0 saturated carbocycles. The molecule has 0 aromatic carbocycles. The average Bonchev–Trinajstić information content (AvgIpc) is 2.70. The van der Waals surface area contributed by atoms with Crippen molar-refractivity contribution in [1.82, 2.24) is 9.38 Å². The van der Waals surface area contributed by atoms with Crippen molar-refractivity contribution >= 4 is 5.65 Å². The monoisotopic (exact) mass is 218 g/mol. The van der Waals surface area contributed by atoms with E-state index in [1.165, 1.54) is 5.56 Å². The molecule has 2 heterocycles. The normalized spacial score (nSPS) is 13.6. The Morgan fingerprint density at radius 1 is 1.19 bits per heavy atom. The molecule has 0 aliphatic rings. The van der Waals surface area contributed by atoms with E-state index in [2.05, 4.69) is 41.7 Å². The van der Waals surface area contributed by atoms with Gasteiger partial charge in [0.1, 0.15) is 5.65 Å². The van der Waals surface area contributed by atoms with Gasteiger partial charge in [0, 0.05) is 19.5 Å². The maximum absolute atomic E-state index is 5.31. The van der Waals surface area contributed by atoms with Crippen molar-refractivity contribution in [2.45, 2.75) is 32.8 Å². The number of hydrogen-bond donors (Lipinski definition) is 0. The lowest BCUT2D eigenvalue weighted by atomic mass is 10.2. The summed E-state index contributed by atoms with van der Waals surface area (Å²) in [6.07, 6.45) is 4.29. The molecule has 0 N–H and O–H groups in total. The summed E-state index contributed by atoms with van der Waals surface area (Å²) in [5.74, 6) is 0.461. The van der Waals surface area contributed by atoms with E-state index in [0.717, 1.165) is 11.3 Å². The molecule has 86 valence electrons. The average molecular weight is 218 g/mol. The molecule has 0 aliphatic heterocycles. The Morgan fingerprint density at radius 3 is 2.56 bits per heavy atom. The number of pyridine rings is 1. The number of nitrogens with zero attached hydrogens (tertiary/aromatic N) is 2. The first-order valence-electron chi connectivity index (χ1n) is 5.63. The van der Waals surface area contributed by atoms with Crippen molar-refractivity contribution in [2.75, 3.05) is 7.11 Å². The first-order valence-corrected chi connectivity index (χ1v) is 5.63. The molecule has 2 aromatic rings. The molecular weight excluding hydrogens is 200 g/mol. The van der Waals surface area contributed by atoms with Gasteiger partial charge in [-0.05, 0) is 24.5 Å². The third kappa shape index (κ3) is 1.95. The number of aromatic nitrogens is 2. The first-order chi connectivity index (χ1) is 7.61. The third-order valence-corrected chi connectivity index (χ3v) is 2.91. The van der Waals surface area contributed by atoms with Gasteiger partial charge in [0.05, 0.1) is 11.8 Å². The van der Waals surface area contributed by atoms with Crippen molar-refractivity contribution in [2.24, 2.45) is 0 Å². The molecule has 3 heteroatoms. The molecule has 0 radical (unpaired) electrons. The Balaban J connectivity index is 2.45. The zero-order valence-corrected chi connectivity index (χ0v) is 10.3. The number of hydrogen-bond acceptors (Lipinski definition) is 2. The van der Waals surface area contributed by atoms with Crippen LogP contribution >= 0.6 is 0 Å². The predicted molar refractivity (Wildman–Crippen MR) is 64.7 cm³/mol. The van der Waals surface area contributed by atoms with Crippen LogP contribution in [0.15, 0.2) is 24.5 Å². The highest BCUT2D eigenvalue weighted by Gasteiger charge is 2.08. The Hall–Kier alpha value is -1.35. The quantitative estimate of drug-likeness (QED) is 0.791. The third-order valence-electron chi connectivity index (χ3n) is 2.91. The lowest BCUT2D eigenvalue weighted by Gasteiger charge is -2.09. The number of imidazole rings is 1. The Morgan fingerprint density at radius 2 is 1.94 bits per heavy atom. The van der Waals surface area contributed by atoms with E-state index in [1.807, 2.05) is 13.0 Å². The van der Waals surface area contributed by atoms with E-state index < -0.39 is 0 Å². The standard InChI is InChI=1S/C13H18N2O/c1-9(2)12-8-15-7-11(10(3)16-4)5-6-13(15)14-12/h5-10H,1-4H3. The van der Waals surface area contributed by atoms with Gasteiger partial charge in [-0.25, -0.2) is 4.98 Å². The maximum Gasteiger partial charge on any atom is 0.137 e. The molecule has 0 spiro atoms. The summed E-state index contributed by atoms with van der Waals surface area (Å²) in [5, 5.41) is 0. The topological polar surface area (TPSA) is 26.5 Å². The van der Waals surface area contributed by atoms with Crippen LogP contribution in [0, 0.1) is 0 Å². The van der Waals surface area contributed by atoms with E-state index in [9.17, 15) is 0 Å². The van der Waals surface area contributed by atoms with Crippen molar-refractivity contribution in [3.63, 3.8) is 0 Å². The van der Waals surface area contributed by atoms with Crippen LogP contribution < -0.4 is 0 Å². The largest absolute Gasteiger partial charge is 0.377 e. The molecule has 3 nitrogen and oxygen atoms in total. The smallest absolute Gasteiger partial charge is 0.137 e. The van der Waals surface area contributed by atoms with Crippen molar-refractivity contribution in [3.05, 3.63) is 35.8 Å². The first kappa shape index (κ1) is 11.1. The fourth-order valence-corrected chi connectivity index (χ4v) is 1.68. The summed E-state index contributed by atoms with van der Waals surface area (Å²) in [4.78, 5) is 4.56. The molecule has 0 saturated heterocycles. The highest BCUT2D eigenvalue weighted by molar-refractivity contribution is 5.42. The summed E-state index contributed by atoms with van der Waals surface area (Å²) in [6.45, 7) is 6.35. The van der Waals surface area contributed by atoms with Gasteiger partial charge in [0.2, 0.25) is 0 Å². The van der Waals surface area contributed by atoms with Gasteiger partial charge in [-0.3, -0.25) is 0 Å². The van der Waals surface area contributed by atoms with Gasteiger partial charge in [-0.2, -0.15) is 0 Å². The van der Waals surface area contributed by atoms with Crippen LogP contribution in [0.25, 0.3) is 5.65 Å². The second kappa shape index (κ2) is 4.26. The van der Waals surface area contributed by atoms with Crippen LogP contribution in [0.1, 0.15) is 44.1 Å². The fraction of sp³-hybridized carbons (Fsp3) is 0.462. The molecule has 0 fully saturated rings. The van der Waals surface area contributed by atoms with Gasteiger partial charge in [0.25, 0.3) is 0 Å². The van der Waals surface area contributed by atoms with E-state index in [1.54, 1.807) is 7.11 Å². The SMILES string of the molecule is COC(C)c1ccc2nc(C(C)C)cn2c1. The molecule has 1 atom stereocenters. The van der Waals surface area contributed by atoms with E-state index in [-0.39, 0.29) is 6.10 Å². The van der Waals surface area contributed by atoms with Gasteiger partial charge >= 0.3 is 0 Å². The van der Waals surface area contributed by atoms with Crippen LogP contribution in [0.2, 0.25) is 0 Å². The highest BCUT2D eigenvalue weighted by Crippen LogP contribution is 2.19. The molecule has 2 aromatic heterocycles. The van der Waals surface area contributed by atoms with Crippen molar-refractivity contribution < 1.29 is 4.74 Å². The minimum absolute atomic E-state index is 0.120. The number of methoxy groups -OCH3 is 1. The summed E-state index contributed by atoms with van der Waals surface area (Å²) in [7, 11) is 1.72. The lowest BCUT2D eigenvalue weighted by Crippen LogP contribution is -1.97. The van der Waals surface area contributed by atoms with E-state index in [4.69, 9.17) is 4.74 Å². The molecular formula is C13H18N2O. The van der Waals surface area contributed by atoms with Crippen molar-refractivity contribution in [1.29, 1.82) is 0 Å². The summed E-state index contributed by atoms with van der Waals surface area (Å²) in [5.41, 5.74) is 3.29. The Kier molecular flexibility index (Phi) is 2.97. The second-order valence-corrected chi connectivity index (χ2v) is 4.43. The van der Waals surface area contributed by atoms with Gasteiger partial charge in [-0.15, -0.1) is 0 Å². The van der Waals surface area contributed by atoms with Gasteiger partial charge < -0.3 is 9.14 Å². The minimum atomic E-state index is 0.120. The Labute approximate surface area is 96.1 Å². The zero-order chi connectivity index (χ0) is 11.7. The minimum Gasteiger partial charge on any atom is -0.377 e. The van der Waals surface area contributed by atoms with Crippen LogP contribution in [-0.2, 0) is 4.74 Å². The maximum atomic E-state index is 5.31. The summed E-state index contributed by atoms with van der Waals surface area (Å²) < 4.78 is 7.38. The molecule has 0 aliphatic carbocycles. The molecule has 16 heavy (non-hydrogen) atoms. The van der Waals surface area contributed by atoms with Crippen LogP contribution in [0.5, 0.6) is 0 Å². The fourth-order valence-electron chi connectivity index (χ4n) is 1.68. The molecule has 1 unspecified atom stereocenters. The number of rotatable bonds is 3. The van der Waals surface area contributed by atoms with Gasteiger partial charge in [-0.1, -0.05) is 19.9 Å². The van der Waals surface area contributed by atoms with E-state index >= 15 is 0 Å². The van der Waals surface area contributed by atoms with E-state index in [0.29, 0.717) is 5.92 Å². The van der Waals surface area contributed by atoms with Gasteiger partial charge in [0.15, 0.2) is 0 Å². The highest BCUT2D eigenvalue weighted by atomic mass is 16.5. The Bertz CT molecular complexity index is 488. The van der Waals surface area contributed by atoms with Crippen LogP contribution in [-0.4, -0.2) is 16.5 Å². The number of fused-ring (bicyclic) bond motifs is 1. The zero-order valence-electron chi connectivity index (χ0n) is 10.3. The lowest BCUT2D eigenvalue weighted by molar-refractivity contribution is 0.119. The second-order valence-electron chi connectivity index (χ2n) is 4.43. The van der Waals surface area contributed by atoms with Crippen LogP contribution in [0.3, 0.4) is 0 Å². The molecule has 0 amide bonds. The predicted octanol–water partition coefficient (Wildman–Crippen LogP) is 3.17. The van der Waals surface area contributed by atoms with Crippen molar-refractivity contribution in [3.8, 4) is 0 Å². The molecule has 0 bridgehead atoms. The van der Waals surface area contributed by atoms with Crippen LogP contribution in [0.4, 0.5) is 0 Å². The number of ether oxygens (including phenoxy) is 1. The summed E-state index contributed by atoms with van der Waals surface area (Å²) in [6, 6.07) is 4.11. The molecule has 2 rings (SSSR count).